The van der Waals surface area contributed by atoms with Crippen molar-refractivity contribution >= 4 is 99.2 Å². The van der Waals surface area contributed by atoms with Crippen molar-refractivity contribution in [3.63, 3.8) is 0 Å². The van der Waals surface area contributed by atoms with Crippen molar-refractivity contribution in [3.8, 4) is 11.1 Å². The van der Waals surface area contributed by atoms with Gasteiger partial charge in [-0.25, -0.2) is 0 Å². The molecule has 258 valence electrons. The Kier molecular flexibility index (Phi) is 6.56. The predicted octanol–water partition coefficient (Wildman–Crippen LogP) is 15.0. The quantitative estimate of drug-likeness (QED) is 0.181. The van der Waals surface area contributed by atoms with Crippen molar-refractivity contribution < 1.29 is 4.42 Å². The van der Waals surface area contributed by atoms with E-state index in [0.29, 0.717) is 0 Å². The zero-order chi connectivity index (χ0) is 36.0. The van der Waals surface area contributed by atoms with Gasteiger partial charge in [0.15, 0.2) is 0 Å². The van der Waals surface area contributed by atoms with Crippen LogP contribution in [0.15, 0.2) is 180 Å². The lowest BCUT2D eigenvalue weighted by atomic mass is 9.92. The number of furan rings is 1. The maximum Gasteiger partial charge on any atom is 0.135 e. The fourth-order valence-electron chi connectivity index (χ4n) is 8.93. The normalized spacial score (nSPS) is 13.4. The van der Waals surface area contributed by atoms with Crippen molar-refractivity contribution in [2.45, 2.75) is 6.42 Å². The van der Waals surface area contributed by atoms with Gasteiger partial charge in [-0.2, -0.15) is 0 Å². The van der Waals surface area contributed by atoms with Gasteiger partial charge in [0, 0.05) is 65.6 Å². The largest absolute Gasteiger partial charge is 0.456 e. The second-order valence-electron chi connectivity index (χ2n) is 14.5. The molecule has 0 radical (unpaired) electrons. The third-order valence-corrected chi connectivity index (χ3v) is 12.6. The summed E-state index contributed by atoms with van der Waals surface area (Å²) in [6.45, 7) is 0. The van der Waals surface area contributed by atoms with Crippen molar-refractivity contribution in [2.24, 2.45) is 0 Å². The molecule has 0 saturated heterocycles. The molecule has 3 nitrogen and oxygen atoms in total. The van der Waals surface area contributed by atoms with Crippen LogP contribution in [0.1, 0.15) is 16.7 Å². The van der Waals surface area contributed by atoms with Crippen LogP contribution in [0, 0.1) is 0 Å². The monoisotopic (exact) mass is 720 g/mol. The molecular formula is C51H32N2OS. The highest BCUT2D eigenvalue weighted by atomic mass is 32.1. The Labute approximate surface area is 322 Å². The summed E-state index contributed by atoms with van der Waals surface area (Å²) in [5.41, 5.74) is 16.2. The van der Waals surface area contributed by atoms with E-state index >= 15 is 0 Å². The van der Waals surface area contributed by atoms with Gasteiger partial charge < -0.3 is 14.2 Å². The predicted molar refractivity (Wildman–Crippen MR) is 233 cm³/mol. The minimum atomic E-state index is 0.806. The van der Waals surface area contributed by atoms with E-state index in [2.05, 4.69) is 180 Å². The molecular weight excluding hydrogens is 689 g/mol. The summed E-state index contributed by atoms with van der Waals surface area (Å²) in [4.78, 5) is 4.91. The fourth-order valence-corrected chi connectivity index (χ4v) is 10.2. The Morgan fingerprint density at radius 1 is 0.455 bits per heavy atom. The van der Waals surface area contributed by atoms with Gasteiger partial charge in [0.2, 0.25) is 0 Å². The highest BCUT2D eigenvalue weighted by Gasteiger charge is 2.30. The summed E-state index contributed by atoms with van der Waals surface area (Å²) in [7, 11) is 0. The molecule has 10 aromatic rings. The number of nitrogens with zero attached hydrogens (tertiary/aromatic N) is 2. The molecule has 2 bridgehead atoms. The zero-order valence-electron chi connectivity index (χ0n) is 29.7. The van der Waals surface area contributed by atoms with E-state index in [1.54, 1.807) is 0 Å². The van der Waals surface area contributed by atoms with Crippen LogP contribution >= 0.6 is 11.3 Å². The van der Waals surface area contributed by atoms with Crippen molar-refractivity contribution in [2.75, 3.05) is 9.80 Å². The Balaban J connectivity index is 1.06. The Bertz CT molecular complexity index is 3200. The number of fused-ring (bicyclic) bond motifs is 9. The molecule has 0 spiro atoms. The van der Waals surface area contributed by atoms with Crippen molar-refractivity contribution in [1.29, 1.82) is 0 Å². The van der Waals surface area contributed by atoms with Gasteiger partial charge >= 0.3 is 0 Å². The van der Waals surface area contributed by atoms with Gasteiger partial charge in [-0.3, -0.25) is 0 Å². The number of hydrogen-bond donors (Lipinski definition) is 0. The summed E-state index contributed by atoms with van der Waals surface area (Å²) in [5, 5.41) is 4.89. The number of anilines is 6. The average molecular weight is 721 g/mol. The second-order valence-corrected chi connectivity index (χ2v) is 15.5. The maximum absolute atomic E-state index is 6.27. The molecule has 55 heavy (non-hydrogen) atoms. The molecule has 2 aliphatic rings. The Morgan fingerprint density at radius 2 is 1.09 bits per heavy atom. The molecule has 8 aromatic carbocycles. The third-order valence-electron chi connectivity index (χ3n) is 11.4. The number of rotatable bonds is 3. The molecule has 2 aromatic heterocycles. The van der Waals surface area contributed by atoms with Crippen LogP contribution in [0.5, 0.6) is 0 Å². The lowest BCUT2D eigenvalue weighted by Gasteiger charge is -2.32. The number of thiophene rings is 1. The summed E-state index contributed by atoms with van der Waals surface area (Å²) < 4.78 is 8.93. The van der Waals surface area contributed by atoms with Gasteiger partial charge in [-0.05, 0) is 95.1 Å². The van der Waals surface area contributed by atoms with Crippen LogP contribution in [0.3, 0.4) is 0 Å². The van der Waals surface area contributed by atoms with Crippen molar-refractivity contribution in [1.82, 2.24) is 0 Å². The zero-order valence-corrected chi connectivity index (χ0v) is 30.6. The van der Waals surface area contributed by atoms with Crippen LogP contribution in [0.25, 0.3) is 64.9 Å². The van der Waals surface area contributed by atoms with E-state index in [1.165, 1.54) is 64.9 Å². The van der Waals surface area contributed by atoms with Gasteiger partial charge in [0.05, 0.1) is 17.1 Å². The van der Waals surface area contributed by atoms with Gasteiger partial charge in [-0.15, -0.1) is 11.3 Å². The first kappa shape index (κ1) is 30.6. The summed E-state index contributed by atoms with van der Waals surface area (Å²) in [5.74, 6) is 0. The molecule has 0 amide bonds. The fraction of sp³-hybridized carbons (Fsp3) is 0.0196. The minimum absolute atomic E-state index is 0.806. The van der Waals surface area contributed by atoms with E-state index in [1.807, 2.05) is 23.5 Å². The van der Waals surface area contributed by atoms with Gasteiger partial charge in [0.1, 0.15) is 11.2 Å². The molecule has 0 unspecified atom stereocenters. The van der Waals surface area contributed by atoms with Crippen LogP contribution in [0.4, 0.5) is 34.1 Å². The molecule has 4 heteroatoms. The van der Waals surface area contributed by atoms with Crippen LogP contribution in [-0.4, -0.2) is 0 Å². The van der Waals surface area contributed by atoms with Crippen LogP contribution in [0.2, 0.25) is 0 Å². The first-order valence-corrected chi connectivity index (χ1v) is 19.6. The first-order chi connectivity index (χ1) is 27.3. The van der Waals surface area contributed by atoms with E-state index < -0.39 is 0 Å². The van der Waals surface area contributed by atoms with Gasteiger partial charge in [0.25, 0.3) is 0 Å². The lowest BCUT2D eigenvalue weighted by Crippen LogP contribution is -2.16. The molecule has 0 saturated carbocycles. The Hall–Kier alpha value is -6.88. The van der Waals surface area contributed by atoms with Crippen LogP contribution in [-0.2, 0) is 6.42 Å². The molecule has 0 N–H and O–H groups in total. The molecule has 0 aliphatic carbocycles. The number of hydrogen-bond acceptors (Lipinski definition) is 4. The van der Waals surface area contributed by atoms with E-state index in [-0.39, 0.29) is 0 Å². The summed E-state index contributed by atoms with van der Waals surface area (Å²) >= 11 is 1.88. The standard InChI is InChI=1S/C51H32N2OS/c1-5-17-44-33(11-1)29-34-30-43-46(19-10-20-47(43)53(44)36-27-28-49-42(31-36)39-13-3-7-21-48(39)54-49)52(45-18-6-2-12-37(34)45)35-25-23-32(24-26-35)38-15-9-16-41-40-14-4-8-22-50(40)55-51(38)41/h1-28,30-31H,29H2. The summed E-state index contributed by atoms with van der Waals surface area (Å²) in [6, 6.07) is 64.1. The van der Waals surface area contributed by atoms with Crippen LogP contribution < -0.4 is 9.80 Å². The minimum Gasteiger partial charge on any atom is -0.456 e. The first-order valence-electron chi connectivity index (χ1n) is 18.8. The SMILES string of the molecule is C1=C2Cc3ccccc3N(c3ccc4oc5ccccc5c4c3)c3cccc(c31)N(c1ccc(-c3cccc4c3sc3ccccc34)cc1)c1ccccc12. The Morgan fingerprint density at radius 3 is 1.98 bits per heavy atom. The maximum atomic E-state index is 6.27. The summed E-state index contributed by atoms with van der Waals surface area (Å²) in [6.07, 6.45) is 3.25. The number of para-hydroxylation sites is 3. The highest BCUT2D eigenvalue weighted by molar-refractivity contribution is 7.26. The second kappa shape index (κ2) is 11.8. The van der Waals surface area contributed by atoms with E-state index in [4.69, 9.17) is 4.42 Å². The van der Waals surface area contributed by atoms with E-state index in [0.717, 1.165) is 51.1 Å². The highest BCUT2D eigenvalue weighted by Crippen LogP contribution is 2.52. The lowest BCUT2D eigenvalue weighted by molar-refractivity contribution is 0.669. The molecule has 0 atom stereocenters. The molecule has 0 fully saturated rings. The molecule has 4 heterocycles. The smallest absolute Gasteiger partial charge is 0.135 e. The van der Waals surface area contributed by atoms with E-state index in [9.17, 15) is 0 Å². The van der Waals surface area contributed by atoms with Gasteiger partial charge in [-0.1, -0.05) is 109 Å². The molecule has 2 aliphatic heterocycles. The van der Waals surface area contributed by atoms with Crippen molar-refractivity contribution in [3.05, 3.63) is 193 Å². The average Bonchev–Trinajstić information content (AvgIpc) is 3.76. The molecule has 12 rings (SSSR count). The topological polar surface area (TPSA) is 19.6 Å². The third kappa shape index (κ3) is 4.62. The number of benzene rings is 8. The number of allylic oxidation sites excluding steroid dienone is 1.